The summed E-state index contributed by atoms with van der Waals surface area (Å²) in [6.07, 6.45) is 5.10. The first-order valence-corrected chi connectivity index (χ1v) is 9.05. The van der Waals surface area contributed by atoms with Crippen molar-refractivity contribution in [2.24, 2.45) is 23.7 Å². The second-order valence-electron chi connectivity index (χ2n) is 7.51. The maximum absolute atomic E-state index is 12.8. The van der Waals surface area contributed by atoms with Crippen LogP contribution in [0.1, 0.15) is 18.4 Å². The van der Waals surface area contributed by atoms with Crippen molar-refractivity contribution in [3.63, 3.8) is 0 Å². The Balaban J connectivity index is 1.45. The summed E-state index contributed by atoms with van der Waals surface area (Å²) in [5.74, 6) is -2.74. The molecule has 1 heterocycles. The number of aryl methyl sites for hydroxylation is 1. The molecular weight excluding hydrogens is 332 g/mol. The third-order valence-electron chi connectivity index (χ3n) is 5.91. The van der Waals surface area contributed by atoms with Gasteiger partial charge in [-0.25, -0.2) is 0 Å². The van der Waals surface area contributed by atoms with E-state index in [-0.39, 0.29) is 23.7 Å². The zero-order chi connectivity index (χ0) is 18.4. The number of fused-ring (bicyclic) bond motifs is 2. The predicted octanol–water partition coefficient (Wildman–Crippen LogP) is 1.74. The van der Waals surface area contributed by atoms with Crippen molar-refractivity contribution in [1.29, 1.82) is 0 Å². The van der Waals surface area contributed by atoms with E-state index in [9.17, 15) is 19.5 Å². The van der Waals surface area contributed by atoms with Crippen LogP contribution in [0.3, 0.4) is 0 Å². The van der Waals surface area contributed by atoms with E-state index in [0.717, 1.165) is 11.3 Å². The van der Waals surface area contributed by atoms with Gasteiger partial charge in [0.05, 0.1) is 11.8 Å². The number of nitrogens with zero attached hydrogens (tertiary/aromatic N) is 1. The normalized spacial score (nSPS) is 32.3. The summed E-state index contributed by atoms with van der Waals surface area (Å²) in [5, 5.41) is 12.3. The smallest absolute Gasteiger partial charge is 0.307 e. The Hall–Kier alpha value is -2.63. The largest absolute Gasteiger partial charge is 0.481 e. The highest BCUT2D eigenvalue weighted by Gasteiger charge is 2.52. The van der Waals surface area contributed by atoms with Crippen molar-refractivity contribution in [2.75, 3.05) is 11.4 Å². The number of carboxylic acid groups (broad SMARTS) is 1. The van der Waals surface area contributed by atoms with Crippen LogP contribution in [0.25, 0.3) is 0 Å². The Bertz CT molecular complexity index is 786. The van der Waals surface area contributed by atoms with Gasteiger partial charge in [0, 0.05) is 12.2 Å². The van der Waals surface area contributed by atoms with Crippen molar-refractivity contribution in [1.82, 2.24) is 5.32 Å². The van der Waals surface area contributed by atoms with Gasteiger partial charge in [0.2, 0.25) is 11.8 Å². The van der Waals surface area contributed by atoms with Crippen LogP contribution >= 0.6 is 0 Å². The third-order valence-corrected chi connectivity index (χ3v) is 5.91. The molecule has 6 heteroatoms. The fourth-order valence-electron chi connectivity index (χ4n) is 4.58. The molecule has 26 heavy (non-hydrogen) atoms. The monoisotopic (exact) mass is 354 g/mol. The van der Waals surface area contributed by atoms with Gasteiger partial charge in [-0.2, -0.15) is 0 Å². The molecule has 6 nitrogen and oxygen atoms in total. The highest BCUT2D eigenvalue weighted by molar-refractivity contribution is 6.02. The lowest BCUT2D eigenvalue weighted by atomic mass is 9.82. The number of aliphatic carboxylic acids is 1. The third kappa shape index (κ3) is 2.69. The highest BCUT2D eigenvalue weighted by atomic mass is 16.4. The van der Waals surface area contributed by atoms with E-state index in [1.807, 2.05) is 43.3 Å². The molecule has 1 aromatic rings. The first kappa shape index (κ1) is 16.8. The van der Waals surface area contributed by atoms with Gasteiger partial charge in [-0.05, 0) is 43.7 Å². The van der Waals surface area contributed by atoms with Crippen molar-refractivity contribution < 1.29 is 19.5 Å². The molecule has 2 fully saturated rings. The molecule has 2 aliphatic carbocycles. The Morgan fingerprint density at radius 1 is 1.12 bits per heavy atom. The summed E-state index contributed by atoms with van der Waals surface area (Å²) >= 11 is 0. The van der Waals surface area contributed by atoms with Crippen LogP contribution in [0.2, 0.25) is 0 Å². The number of carboxylic acids is 1. The number of carbonyl (C=O) groups is 3. The van der Waals surface area contributed by atoms with Gasteiger partial charge in [0.1, 0.15) is 6.04 Å². The molecule has 0 aromatic heterocycles. The summed E-state index contributed by atoms with van der Waals surface area (Å²) in [5.41, 5.74) is 1.94. The number of allylic oxidation sites excluding steroid dienone is 2. The summed E-state index contributed by atoms with van der Waals surface area (Å²) in [6.45, 7) is 2.53. The van der Waals surface area contributed by atoms with Crippen molar-refractivity contribution in [3.8, 4) is 0 Å². The predicted molar refractivity (Wildman–Crippen MR) is 95.4 cm³/mol. The second-order valence-corrected chi connectivity index (χ2v) is 7.51. The molecule has 136 valence electrons. The summed E-state index contributed by atoms with van der Waals surface area (Å²) in [4.78, 5) is 38.7. The maximum atomic E-state index is 12.8. The molecule has 1 saturated carbocycles. The number of amides is 2. The molecule has 1 aromatic carbocycles. The molecule has 4 rings (SSSR count). The Labute approximate surface area is 151 Å². The molecule has 1 aliphatic heterocycles. The van der Waals surface area contributed by atoms with E-state index in [4.69, 9.17) is 0 Å². The second kappa shape index (κ2) is 6.27. The van der Waals surface area contributed by atoms with Gasteiger partial charge in [-0.3, -0.25) is 14.4 Å². The minimum Gasteiger partial charge on any atom is -0.481 e. The van der Waals surface area contributed by atoms with Gasteiger partial charge >= 0.3 is 5.97 Å². The number of anilines is 1. The summed E-state index contributed by atoms with van der Waals surface area (Å²) in [6, 6.07) is 7.12. The van der Waals surface area contributed by atoms with Crippen molar-refractivity contribution in [2.45, 2.75) is 25.8 Å². The number of hydrogen-bond acceptors (Lipinski definition) is 3. The summed E-state index contributed by atoms with van der Waals surface area (Å²) in [7, 11) is 0. The Morgan fingerprint density at radius 3 is 2.42 bits per heavy atom. The van der Waals surface area contributed by atoms with Crippen LogP contribution in [0.5, 0.6) is 0 Å². The molecule has 2 N–H and O–H groups in total. The maximum Gasteiger partial charge on any atom is 0.307 e. The van der Waals surface area contributed by atoms with Crippen molar-refractivity contribution >= 4 is 23.5 Å². The molecule has 2 amide bonds. The molecule has 5 atom stereocenters. The lowest BCUT2D eigenvalue weighted by Gasteiger charge is -2.25. The summed E-state index contributed by atoms with van der Waals surface area (Å²) < 4.78 is 0. The molecule has 0 radical (unpaired) electrons. The average Bonchev–Trinajstić information content (AvgIpc) is 3.31. The van der Waals surface area contributed by atoms with E-state index in [2.05, 4.69) is 5.32 Å². The van der Waals surface area contributed by atoms with Gasteiger partial charge in [0.15, 0.2) is 0 Å². The van der Waals surface area contributed by atoms with E-state index in [1.54, 1.807) is 4.90 Å². The molecule has 0 spiro atoms. The molecule has 5 unspecified atom stereocenters. The number of benzene rings is 1. The minimum absolute atomic E-state index is 0.0363. The van der Waals surface area contributed by atoms with Crippen LogP contribution < -0.4 is 10.2 Å². The van der Waals surface area contributed by atoms with Gasteiger partial charge in [-0.15, -0.1) is 0 Å². The zero-order valence-electron chi connectivity index (χ0n) is 14.6. The molecular formula is C20H22N2O4. The van der Waals surface area contributed by atoms with Crippen LogP contribution in [-0.4, -0.2) is 35.5 Å². The molecule has 2 bridgehead atoms. The Morgan fingerprint density at radius 2 is 1.77 bits per heavy atom. The van der Waals surface area contributed by atoms with E-state index in [1.165, 1.54) is 0 Å². The average molecular weight is 354 g/mol. The fraction of sp³-hybridized carbons (Fsp3) is 0.450. The van der Waals surface area contributed by atoms with E-state index in [0.29, 0.717) is 19.4 Å². The van der Waals surface area contributed by atoms with Crippen LogP contribution in [0.4, 0.5) is 5.69 Å². The lowest BCUT2D eigenvalue weighted by molar-refractivity contribution is -0.148. The van der Waals surface area contributed by atoms with Crippen LogP contribution in [-0.2, 0) is 14.4 Å². The number of rotatable bonds is 4. The van der Waals surface area contributed by atoms with E-state index >= 15 is 0 Å². The molecule has 1 saturated heterocycles. The van der Waals surface area contributed by atoms with Crippen LogP contribution in [0, 0.1) is 30.6 Å². The van der Waals surface area contributed by atoms with Gasteiger partial charge < -0.3 is 15.3 Å². The standard InChI is InChI=1S/C20H22N2O4/c1-11-2-6-14(7-3-11)22-9-8-15(19(22)24)21-18(23)16-12-4-5-13(10-12)17(16)20(25)26/h2-7,12-13,15-17H,8-10H2,1H3,(H,21,23)(H,25,26). The zero-order valence-corrected chi connectivity index (χ0v) is 14.6. The highest BCUT2D eigenvalue weighted by Crippen LogP contribution is 2.48. The topological polar surface area (TPSA) is 86.7 Å². The fourth-order valence-corrected chi connectivity index (χ4v) is 4.58. The minimum atomic E-state index is -0.930. The number of carbonyl (C=O) groups excluding carboxylic acids is 2. The number of nitrogens with one attached hydrogen (secondary N) is 1. The van der Waals surface area contributed by atoms with Gasteiger partial charge in [-0.1, -0.05) is 29.8 Å². The molecule has 3 aliphatic rings. The first-order valence-electron chi connectivity index (χ1n) is 9.05. The van der Waals surface area contributed by atoms with Crippen LogP contribution in [0.15, 0.2) is 36.4 Å². The lowest BCUT2D eigenvalue weighted by Crippen LogP contribution is -2.47. The van der Waals surface area contributed by atoms with Crippen molar-refractivity contribution in [3.05, 3.63) is 42.0 Å². The number of hydrogen-bond donors (Lipinski definition) is 2. The first-order chi connectivity index (χ1) is 12.5. The Kier molecular flexibility index (Phi) is 4.05. The SMILES string of the molecule is Cc1ccc(N2CCC(NC(=O)C3C4C=CC(C4)C3C(=O)O)C2=O)cc1. The van der Waals surface area contributed by atoms with E-state index < -0.39 is 23.8 Å². The van der Waals surface area contributed by atoms with Gasteiger partial charge in [0.25, 0.3) is 0 Å². The quantitative estimate of drug-likeness (QED) is 0.807.